The molecule has 124 valence electrons. The molecule has 1 rings (SSSR count). The van der Waals surface area contributed by atoms with Gasteiger partial charge in [-0.2, -0.15) is 0 Å². The topological polar surface area (TPSA) is 70.6 Å². The van der Waals surface area contributed by atoms with Gasteiger partial charge in [-0.25, -0.2) is 4.79 Å². The number of aliphatic hydroxyl groups excluding tert-OH is 1. The molecule has 22 heavy (non-hydrogen) atoms. The second kappa shape index (κ2) is 8.63. The van der Waals surface area contributed by atoms with Crippen LogP contribution in [0.2, 0.25) is 0 Å². The van der Waals surface area contributed by atoms with Crippen LogP contribution < -0.4 is 15.4 Å². The van der Waals surface area contributed by atoms with Gasteiger partial charge in [0.2, 0.25) is 0 Å². The average molecular weight is 308 g/mol. The SMILES string of the molecule is CCOc1cccc(CNC(=O)NC(CO)CC(C)(C)C)c1. The fraction of sp³-hybridized carbons (Fsp3) is 0.588. The summed E-state index contributed by atoms with van der Waals surface area (Å²) in [6.45, 7) is 9.13. The Kier molecular flexibility index (Phi) is 7.18. The second-order valence-electron chi connectivity index (χ2n) is 6.55. The Balaban J connectivity index is 2.46. The Morgan fingerprint density at radius 3 is 2.68 bits per heavy atom. The van der Waals surface area contributed by atoms with Gasteiger partial charge in [-0.1, -0.05) is 32.9 Å². The molecule has 1 atom stereocenters. The number of ether oxygens (including phenoxy) is 1. The number of aliphatic hydroxyl groups is 1. The lowest BCUT2D eigenvalue weighted by Gasteiger charge is -2.25. The first-order valence-corrected chi connectivity index (χ1v) is 7.71. The highest BCUT2D eigenvalue weighted by atomic mass is 16.5. The van der Waals surface area contributed by atoms with E-state index in [2.05, 4.69) is 31.4 Å². The van der Waals surface area contributed by atoms with Crippen molar-refractivity contribution in [3.63, 3.8) is 0 Å². The quantitative estimate of drug-likeness (QED) is 0.725. The van der Waals surface area contributed by atoms with Crippen LogP contribution in [0, 0.1) is 5.41 Å². The van der Waals surface area contributed by atoms with Gasteiger partial charge in [0.1, 0.15) is 5.75 Å². The smallest absolute Gasteiger partial charge is 0.315 e. The van der Waals surface area contributed by atoms with E-state index in [0.717, 1.165) is 17.7 Å². The Morgan fingerprint density at radius 2 is 2.09 bits per heavy atom. The van der Waals surface area contributed by atoms with Crippen LogP contribution in [-0.2, 0) is 6.54 Å². The molecule has 1 aromatic carbocycles. The number of hydrogen-bond donors (Lipinski definition) is 3. The molecule has 0 saturated carbocycles. The molecule has 0 aliphatic heterocycles. The molecule has 5 heteroatoms. The zero-order chi connectivity index (χ0) is 16.6. The first kappa shape index (κ1) is 18.3. The number of urea groups is 1. The number of nitrogens with one attached hydrogen (secondary N) is 2. The Hall–Kier alpha value is -1.75. The molecule has 3 N–H and O–H groups in total. The Labute approximate surface area is 133 Å². The molecule has 0 radical (unpaired) electrons. The van der Waals surface area contributed by atoms with E-state index in [1.807, 2.05) is 31.2 Å². The van der Waals surface area contributed by atoms with Gasteiger partial charge in [0.15, 0.2) is 0 Å². The van der Waals surface area contributed by atoms with Gasteiger partial charge in [0.05, 0.1) is 19.3 Å². The number of hydrogen-bond acceptors (Lipinski definition) is 3. The third-order valence-electron chi connectivity index (χ3n) is 3.08. The monoisotopic (exact) mass is 308 g/mol. The lowest BCUT2D eigenvalue weighted by atomic mass is 9.88. The van der Waals surface area contributed by atoms with Crippen molar-refractivity contribution in [2.24, 2.45) is 5.41 Å². The summed E-state index contributed by atoms with van der Waals surface area (Å²) in [7, 11) is 0. The summed E-state index contributed by atoms with van der Waals surface area (Å²) >= 11 is 0. The number of carbonyl (C=O) groups excluding carboxylic acids is 1. The molecular weight excluding hydrogens is 280 g/mol. The van der Waals surface area contributed by atoms with Crippen LogP contribution in [0.25, 0.3) is 0 Å². The summed E-state index contributed by atoms with van der Waals surface area (Å²) in [6, 6.07) is 7.11. The van der Waals surface area contributed by atoms with Crippen LogP contribution in [0.1, 0.15) is 39.7 Å². The molecular formula is C17H28N2O3. The first-order chi connectivity index (χ1) is 10.3. The molecule has 0 fully saturated rings. The Bertz CT molecular complexity index is 469. The van der Waals surface area contributed by atoms with Gasteiger partial charge in [0.25, 0.3) is 0 Å². The van der Waals surface area contributed by atoms with Crippen LogP contribution in [-0.4, -0.2) is 30.4 Å². The largest absolute Gasteiger partial charge is 0.494 e. The fourth-order valence-electron chi connectivity index (χ4n) is 2.23. The molecule has 0 saturated heterocycles. The minimum Gasteiger partial charge on any atom is -0.494 e. The normalized spacial score (nSPS) is 12.6. The van der Waals surface area contributed by atoms with Gasteiger partial charge < -0.3 is 20.5 Å². The average Bonchev–Trinajstić information content (AvgIpc) is 2.44. The van der Waals surface area contributed by atoms with Gasteiger partial charge in [0, 0.05) is 6.54 Å². The highest BCUT2D eigenvalue weighted by Gasteiger charge is 2.19. The van der Waals surface area contributed by atoms with Crippen molar-refractivity contribution in [1.29, 1.82) is 0 Å². The number of amides is 2. The predicted octanol–water partition coefficient (Wildman–Crippen LogP) is 2.68. The van der Waals surface area contributed by atoms with Crippen LogP contribution >= 0.6 is 0 Å². The van der Waals surface area contributed by atoms with Crippen molar-refractivity contribution in [1.82, 2.24) is 10.6 Å². The van der Waals surface area contributed by atoms with Crippen LogP contribution in [0.3, 0.4) is 0 Å². The maximum absolute atomic E-state index is 11.9. The minimum absolute atomic E-state index is 0.0481. The molecule has 0 aromatic heterocycles. The first-order valence-electron chi connectivity index (χ1n) is 7.71. The van der Waals surface area contributed by atoms with E-state index in [1.165, 1.54) is 0 Å². The van der Waals surface area contributed by atoms with Crippen molar-refractivity contribution in [2.75, 3.05) is 13.2 Å². The molecule has 0 spiro atoms. The molecule has 0 aliphatic rings. The minimum atomic E-state index is -0.273. The van der Waals surface area contributed by atoms with Gasteiger partial charge >= 0.3 is 6.03 Å². The van der Waals surface area contributed by atoms with E-state index in [4.69, 9.17) is 4.74 Å². The predicted molar refractivity (Wildman–Crippen MR) is 87.9 cm³/mol. The van der Waals surface area contributed by atoms with Crippen molar-refractivity contribution in [2.45, 2.75) is 46.7 Å². The second-order valence-corrected chi connectivity index (χ2v) is 6.55. The van der Waals surface area contributed by atoms with E-state index >= 15 is 0 Å². The molecule has 0 heterocycles. The summed E-state index contributed by atoms with van der Waals surface area (Å²) in [5.74, 6) is 0.795. The molecule has 1 unspecified atom stereocenters. The molecule has 0 bridgehead atoms. The van der Waals surface area contributed by atoms with E-state index in [9.17, 15) is 9.90 Å². The van der Waals surface area contributed by atoms with Crippen LogP contribution in [0.5, 0.6) is 5.75 Å². The van der Waals surface area contributed by atoms with E-state index in [-0.39, 0.29) is 24.1 Å². The summed E-state index contributed by atoms with van der Waals surface area (Å²) in [4.78, 5) is 11.9. The lowest BCUT2D eigenvalue weighted by molar-refractivity contribution is 0.190. The third-order valence-corrected chi connectivity index (χ3v) is 3.08. The fourth-order valence-corrected chi connectivity index (χ4v) is 2.23. The van der Waals surface area contributed by atoms with Crippen LogP contribution in [0.15, 0.2) is 24.3 Å². The van der Waals surface area contributed by atoms with E-state index in [1.54, 1.807) is 0 Å². The third kappa shape index (κ3) is 7.31. The van der Waals surface area contributed by atoms with Gasteiger partial charge in [-0.05, 0) is 36.5 Å². The summed E-state index contributed by atoms with van der Waals surface area (Å²) in [5, 5.41) is 15.0. The number of rotatable bonds is 7. The number of benzene rings is 1. The standard InChI is InChI=1S/C17H28N2O3/c1-5-22-15-8-6-7-13(9-15)11-18-16(21)19-14(12-20)10-17(2,3)4/h6-9,14,20H,5,10-12H2,1-4H3,(H2,18,19,21). The zero-order valence-electron chi connectivity index (χ0n) is 14.0. The Morgan fingerprint density at radius 1 is 1.36 bits per heavy atom. The van der Waals surface area contributed by atoms with Crippen LogP contribution in [0.4, 0.5) is 4.79 Å². The highest BCUT2D eigenvalue weighted by molar-refractivity contribution is 5.74. The molecule has 2 amide bonds. The van der Waals surface area contributed by atoms with Gasteiger partial charge in [-0.15, -0.1) is 0 Å². The summed E-state index contributed by atoms with van der Waals surface area (Å²) in [5.41, 5.74) is 1.02. The lowest BCUT2D eigenvalue weighted by Crippen LogP contribution is -2.45. The van der Waals surface area contributed by atoms with E-state index < -0.39 is 0 Å². The maximum atomic E-state index is 11.9. The van der Waals surface area contributed by atoms with Crippen molar-refractivity contribution in [3.05, 3.63) is 29.8 Å². The molecule has 1 aromatic rings. The highest BCUT2D eigenvalue weighted by Crippen LogP contribution is 2.20. The van der Waals surface area contributed by atoms with Gasteiger partial charge in [-0.3, -0.25) is 0 Å². The number of carbonyl (C=O) groups is 1. The molecule has 0 aliphatic carbocycles. The summed E-state index contributed by atoms with van der Waals surface area (Å²) < 4.78 is 5.43. The van der Waals surface area contributed by atoms with Crippen molar-refractivity contribution < 1.29 is 14.6 Å². The molecule has 5 nitrogen and oxygen atoms in total. The maximum Gasteiger partial charge on any atom is 0.315 e. The van der Waals surface area contributed by atoms with Crippen molar-refractivity contribution in [3.8, 4) is 5.75 Å². The van der Waals surface area contributed by atoms with Crippen molar-refractivity contribution >= 4 is 6.03 Å². The zero-order valence-corrected chi connectivity index (χ0v) is 14.0. The van der Waals surface area contributed by atoms with E-state index in [0.29, 0.717) is 13.2 Å². The summed E-state index contributed by atoms with van der Waals surface area (Å²) in [6.07, 6.45) is 0.719.